The van der Waals surface area contributed by atoms with Crippen LogP contribution in [0.2, 0.25) is 0 Å². The Morgan fingerprint density at radius 3 is 2.79 bits per heavy atom. The van der Waals surface area contributed by atoms with Crippen molar-refractivity contribution < 1.29 is 54.1 Å². The molecule has 0 aromatic heterocycles. The molecule has 1 aromatic rings. The standard InChI is InChI=1S/C21H26INO6/c1-23(22-9-11-2-3-11)7-6-19-15-12-4-5-13(24)16(15)29-17(19)20(27,18(25)26)10-21(19,28)14(23)8-12/h4-5,11,14,17,24,27-28H,2-3,6-10H2,1H3,(H,25,26)/t14-,17-,19?,20+,21+,23?/m1/s1. The first kappa shape index (κ1) is 18.7. The zero-order valence-electron chi connectivity index (χ0n) is 16.3. The third-order valence-corrected chi connectivity index (χ3v) is 12.6. The van der Waals surface area contributed by atoms with Gasteiger partial charge in [0.25, 0.3) is 0 Å². The maximum atomic E-state index is 12.2. The number of halogens is 1. The van der Waals surface area contributed by atoms with E-state index in [2.05, 4.69) is 7.05 Å². The van der Waals surface area contributed by atoms with E-state index in [1.54, 1.807) is 6.07 Å². The minimum absolute atomic E-state index is 0.0509. The topological polar surface area (TPSA) is 107 Å². The normalized spacial score (nSPS) is 46.4. The third-order valence-electron chi connectivity index (χ3n) is 8.28. The number of rotatable bonds is 4. The monoisotopic (exact) mass is 515 g/mol. The summed E-state index contributed by atoms with van der Waals surface area (Å²) in [4.78, 5) is 12.2. The van der Waals surface area contributed by atoms with Gasteiger partial charge in [0.15, 0.2) is 0 Å². The molecule has 1 aromatic carbocycles. The second kappa shape index (κ2) is 5.38. The molecule has 2 heterocycles. The van der Waals surface area contributed by atoms with Crippen molar-refractivity contribution in [2.45, 2.75) is 60.9 Å². The van der Waals surface area contributed by atoms with Crippen LogP contribution in [0.4, 0.5) is 0 Å². The van der Waals surface area contributed by atoms with Crippen LogP contribution in [0.1, 0.15) is 36.8 Å². The number of likely N-dealkylation sites (tertiary alicyclic amines) is 1. The van der Waals surface area contributed by atoms with Gasteiger partial charge in [-0.3, -0.25) is 0 Å². The number of hydrogen-bond donors (Lipinski definition) is 4. The number of aromatic hydroxyl groups is 1. The van der Waals surface area contributed by atoms with Gasteiger partial charge in [-0.15, -0.1) is 0 Å². The van der Waals surface area contributed by atoms with Crippen LogP contribution in [0.15, 0.2) is 12.1 Å². The van der Waals surface area contributed by atoms with Crippen molar-refractivity contribution in [3.63, 3.8) is 0 Å². The average molecular weight is 515 g/mol. The van der Waals surface area contributed by atoms with Crippen molar-refractivity contribution in [2.24, 2.45) is 5.92 Å². The van der Waals surface area contributed by atoms with Crippen LogP contribution < -0.4 is 26.2 Å². The molecule has 2 saturated carbocycles. The van der Waals surface area contributed by atoms with Crippen molar-refractivity contribution >= 4 is 5.97 Å². The molecule has 2 unspecified atom stereocenters. The van der Waals surface area contributed by atoms with Gasteiger partial charge in [-0.05, 0) is 0 Å². The van der Waals surface area contributed by atoms with Crippen LogP contribution in [0.25, 0.3) is 0 Å². The van der Waals surface area contributed by atoms with E-state index in [1.165, 1.54) is 17.3 Å². The number of phenols is 1. The van der Waals surface area contributed by atoms with Gasteiger partial charge in [0.05, 0.1) is 0 Å². The number of alkyl halides is 1. The molecule has 8 heteroatoms. The van der Waals surface area contributed by atoms with E-state index in [9.17, 15) is 25.2 Å². The summed E-state index contributed by atoms with van der Waals surface area (Å²) in [7, 11) is 2.22. The molecule has 158 valence electrons. The summed E-state index contributed by atoms with van der Waals surface area (Å²) < 4.78 is 8.03. The number of likely N-dealkylation sites (N-methyl/N-ethyl adjacent to an activating group) is 1. The van der Waals surface area contributed by atoms with Crippen LogP contribution >= 0.6 is 0 Å². The molecule has 1 saturated heterocycles. The average Bonchev–Trinajstić information content (AvgIpc) is 3.37. The fourth-order valence-electron chi connectivity index (χ4n) is 6.66. The Bertz CT molecular complexity index is 951. The number of nitrogens with zero attached hydrogens (tertiary/aromatic N) is 1. The van der Waals surface area contributed by atoms with E-state index in [0.29, 0.717) is 12.8 Å². The number of aliphatic carboxylic acids is 1. The molecule has 29 heavy (non-hydrogen) atoms. The number of hydrogen-bond acceptors (Lipinski definition) is 5. The van der Waals surface area contributed by atoms with Crippen molar-refractivity contribution in [1.82, 2.24) is 0 Å². The summed E-state index contributed by atoms with van der Waals surface area (Å²) in [5.74, 6) is -0.330. The predicted octanol–water partition coefficient (Wildman–Crippen LogP) is -2.47. The SMILES string of the molecule is C[N+]1([I-]CC2CC2)CCC23c4c5ccc(O)c4O[C@H]2[C@](O)(C(=O)O)C[C@]3(O)[C@H]1C5. The van der Waals surface area contributed by atoms with Crippen molar-refractivity contribution in [1.29, 1.82) is 0 Å². The first-order chi connectivity index (χ1) is 13.7. The molecule has 0 radical (unpaired) electrons. The second-order valence-corrected chi connectivity index (χ2v) is 13.6. The summed E-state index contributed by atoms with van der Waals surface area (Å²) in [5.41, 5.74) is -2.76. The molecule has 6 rings (SSSR count). The number of carboxylic acids is 1. The van der Waals surface area contributed by atoms with E-state index in [0.717, 1.165) is 26.3 Å². The zero-order valence-corrected chi connectivity index (χ0v) is 18.4. The Balaban J connectivity index is 1.56. The molecule has 3 aliphatic carbocycles. The Morgan fingerprint density at radius 2 is 2.10 bits per heavy atom. The van der Waals surface area contributed by atoms with Crippen LogP contribution in [0, 0.1) is 5.92 Å². The Hall–Kier alpha value is -1.10. The Kier molecular flexibility index (Phi) is 3.46. The van der Waals surface area contributed by atoms with Gasteiger partial charge in [-0.2, -0.15) is 0 Å². The van der Waals surface area contributed by atoms with Gasteiger partial charge in [0.2, 0.25) is 0 Å². The second-order valence-electron chi connectivity index (χ2n) is 9.80. The third kappa shape index (κ3) is 2.02. The molecule has 7 nitrogen and oxygen atoms in total. The molecular weight excluding hydrogens is 489 g/mol. The predicted molar refractivity (Wildman–Crippen MR) is 97.1 cm³/mol. The minimum atomic E-state index is -2.18. The van der Waals surface area contributed by atoms with Crippen molar-refractivity contribution in [3.8, 4) is 11.5 Å². The molecule has 0 amide bonds. The van der Waals surface area contributed by atoms with Crippen LogP contribution in [0.3, 0.4) is 0 Å². The van der Waals surface area contributed by atoms with Gasteiger partial charge in [-0.25, -0.2) is 0 Å². The fraction of sp³-hybridized carbons (Fsp3) is 0.667. The molecule has 4 N–H and O–H groups in total. The number of piperidine rings is 1. The van der Waals surface area contributed by atoms with Gasteiger partial charge in [0, 0.05) is 0 Å². The van der Waals surface area contributed by atoms with E-state index < -0.39 is 28.7 Å². The number of quaternary nitrogens is 1. The number of ether oxygens (including phenoxy) is 1. The van der Waals surface area contributed by atoms with Gasteiger partial charge >= 0.3 is 180 Å². The van der Waals surface area contributed by atoms with Gasteiger partial charge < -0.3 is 0 Å². The van der Waals surface area contributed by atoms with Gasteiger partial charge in [-0.1, -0.05) is 0 Å². The summed E-state index contributed by atoms with van der Waals surface area (Å²) >= 11 is -0.234. The summed E-state index contributed by atoms with van der Waals surface area (Å²) in [6, 6.07) is 3.32. The van der Waals surface area contributed by atoms with Crippen molar-refractivity contribution in [2.75, 3.05) is 18.0 Å². The summed E-state index contributed by atoms with van der Waals surface area (Å²) in [6.45, 7) is 0.844. The quantitative estimate of drug-likeness (QED) is 0.201. The van der Waals surface area contributed by atoms with E-state index in [1.807, 2.05) is 6.07 Å². The summed E-state index contributed by atoms with van der Waals surface area (Å²) in [6.07, 6.45) is 2.48. The number of carbonyl (C=O) groups is 1. The van der Waals surface area contributed by atoms with E-state index in [-0.39, 0.29) is 45.4 Å². The van der Waals surface area contributed by atoms with Crippen LogP contribution in [-0.4, -0.2) is 70.5 Å². The molecule has 2 aliphatic heterocycles. The first-order valence-electron chi connectivity index (χ1n) is 10.3. The molecule has 3 fully saturated rings. The molecule has 2 bridgehead atoms. The van der Waals surface area contributed by atoms with Crippen molar-refractivity contribution in [3.05, 3.63) is 23.3 Å². The van der Waals surface area contributed by atoms with E-state index in [4.69, 9.17) is 4.74 Å². The zero-order chi connectivity index (χ0) is 20.4. The number of phenolic OH excluding ortho intramolecular Hbond substituents is 1. The number of carboxylic acid groups (broad SMARTS) is 1. The molecule has 5 aliphatic rings. The fourth-order valence-corrected chi connectivity index (χ4v) is 10.7. The van der Waals surface area contributed by atoms with Gasteiger partial charge in [0.1, 0.15) is 0 Å². The first-order valence-corrected chi connectivity index (χ1v) is 12.8. The summed E-state index contributed by atoms with van der Waals surface area (Å²) in [5, 5.41) is 43.9. The van der Waals surface area contributed by atoms with Crippen LogP contribution in [0.5, 0.6) is 11.5 Å². The Morgan fingerprint density at radius 1 is 1.34 bits per heavy atom. The Labute approximate surface area is 179 Å². The molecule has 6 atom stereocenters. The molecular formula is C21H26INO6. The number of benzene rings is 1. The van der Waals surface area contributed by atoms with E-state index >= 15 is 0 Å². The maximum absolute atomic E-state index is 12.2. The molecule has 1 spiro atoms. The number of aliphatic hydroxyl groups is 2. The van der Waals surface area contributed by atoms with Crippen LogP contribution in [-0.2, 0) is 16.6 Å².